The molecule has 10 aromatic rings. The summed E-state index contributed by atoms with van der Waals surface area (Å²) in [6.45, 7) is 4.35. The molecule has 4 heteroatoms. The quantitative estimate of drug-likeness (QED) is 0.173. The Hall–Kier alpha value is -6.91. The van der Waals surface area contributed by atoms with Crippen LogP contribution in [-0.4, -0.2) is 21.2 Å². The fraction of sp³-hybridized carbons (Fsp3) is 0.0600. The van der Waals surface area contributed by atoms with Crippen LogP contribution in [0.4, 0.5) is 0 Å². The lowest BCUT2D eigenvalue weighted by atomic mass is 9.95. The number of methoxy groups -OCH3 is 1. The van der Waals surface area contributed by atoms with E-state index in [9.17, 15) is 0 Å². The predicted octanol–water partition coefficient (Wildman–Crippen LogP) is 12.9. The van der Waals surface area contributed by atoms with Gasteiger partial charge in [0.1, 0.15) is 17.0 Å². The third-order valence-corrected chi connectivity index (χ3v) is 10.8. The van der Waals surface area contributed by atoms with E-state index in [2.05, 4.69) is 193 Å². The molecule has 3 heterocycles. The van der Waals surface area contributed by atoms with Crippen molar-refractivity contribution < 1.29 is 4.74 Å². The molecule has 10 rings (SSSR count). The van der Waals surface area contributed by atoms with Crippen molar-refractivity contribution >= 4 is 43.9 Å². The van der Waals surface area contributed by atoms with E-state index in [0.717, 1.165) is 61.2 Å². The van der Waals surface area contributed by atoms with Crippen molar-refractivity contribution in [3.05, 3.63) is 181 Å². The number of rotatable bonds is 6. The van der Waals surface area contributed by atoms with E-state index in [1.165, 1.54) is 44.3 Å². The van der Waals surface area contributed by atoms with Crippen LogP contribution in [-0.2, 0) is 0 Å². The third kappa shape index (κ3) is 5.02. The summed E-state index contributed by atoms with van der Waals surface area (Å²) in [5, 5.41) is 4.59. The first-order valence-electron chi connectivity index (χ1n) is 18.4. The number of ether oxygens (including phenoxy) is 1. The highest BCUT2D eigenvalue weighted by molar-refractivity contribution is 6.26. The van der Waals surface area contributed by atoms with Crippen molar-refractivity contribution in [1.29, 1.82) is 0 Å². The Balaban J connectivity index is 1.30. The van der Waals surface area contributed by atoms with Gasteiger partial charge < -0.3 is 4.74 Å². The fourth-order valence-corrected chi connectivity index (χ4v) is 8.33. The second-order valence-corrected chi connectivity index (χ2v) is 14.1. The maximum atomic E-state index is 5.72. The Morgan fingerprint density at radius 1 is 0.463 bits per heavy atom. The average molecular weight is 696 g/mol. The van der Waals surface area contributed by atoms with Gasteiger partial charge in [0.25, 0.3) is 0 Å². The molecule has 54 heavy (non-hydrogen) atoms. The minimum atomic E-state index is 0.828. The van der Waals surface area contributed by atoms with Crippen molar-refractivity contribution in [1.82, 2.24) is 14.1 Å². The van der Waals surface area contributed by atoms with E-state index in [4.69, 9.17) is 9.72 Å². The zero-order valence-electron chi connectivity index (χ0n) is 30.4. The number of hydrogen-bond donors (Lipinski definition) is 0. The van der Waals surface area contributed by atoms with Crippen LogP contribution in [0.25, 0.3) is 88.6 Å². The topological polar surface area (TPSA) is 32.0 Å². The molecule has 0 amide bonds. The molecule has 0 N–H and O–H groups in total. The second kappa shape index (κ2) is 12.6. The minimum Gasteiger partial charge on any atom is -0.497 e. The zero-order valence-corrected chi connectivity index (χ0v) is 30.4. The highest BCUT2D eigenvalue weighted by Gasteiger charge is 2.25. The van der Waals surface area contributed by atoms with Gasteiger partial charge in [-0.05, 0) is 101 Å². The van der Waals surface area contributed by atoms with Crippen LogP contribution in [0.2, 0.25) is 0 Å². The molecule has 0 aliphatic heterocycles. The molecular weight excluding hydrogens is 659 g/mol. The minimum absolute atomic E-state index is 0.828. The highest BCUT2D eigenvalue weighted by Crippen LogP contribution is 2.46. The van der Waals surface area contributed by atoms with Crippen LogP contribution in [0, 0.1) is 13.8 Å². The van der Waals surface area contributed by atoms with Crippen molar-refractivity contribution in [2.45, 2.75) is 13.8 Å². The Kier molecular flexibility index (Phi) is 7.44. The first-order valence-corrected chi connectivity index (χ1v) is 18.4. The van der Waals surface area contributed by atoms with Gasteiger partial charge in [-0.3, -0.25) is 9.13 Å². The van der Waals surface area contributed by atoms with Gasteiger partial charge >= 0.3 is 0 Å². The van der Waals surface area contributed by atoms with Gasteiger partial charge in [-0.15, -0.1) is 0 Å². The number of para-hydroxylation sites is 2. The maximum absolute atomic E-state index is 5.72. The van der Waals surface area contributed by atoms with Crippen molar-refractivity contribution in [3.63, 3.8) is 0 Å². The van der Waals surface area contributed by atoms with Crippen LogP contribution in [0.1, 0.15) is 11.1 Å². The summed E-state index contributed by atoms with van der Waals surface area (Å²) in [6, 6.07) is 60.9. The predicted molar refractivity (Wildman–Crippen MR) is 225 cm³/mol. The third-order valence-electron chi connectivity index (χ3n) is 10.8. The highest BCUT2D eigenvalue weighted by atomic mass is 16.5. The molecule has 4 nitrogen and oxygen atoms in total. The van der Waals surface area contributed by atoms with E-state index in [-0.39, 0.29) is 0 Å². The molecule has 7 aromatic carbocycles. The molecule has 0 saturated carbocycles. The van der Waals surface area contributed by atoms with Gasteiger partial charge in [-0.25, -0.2) is 4.98 Å². The molecule has 0 saturated heterocycles. The number of aryl methyl sites for hydroxylation is 2. The van der Waals surface area contributed by atoms with E-state index in [1.807, 2.05) is 0 Å². The van der Waals surface area contributed by atoms with Crippen LogP contribution >= 0.6 is 0 Å². The Morgan fingerprint density at radius 3 is 1.67 bits per heavy atom. The lowest BCUT2D eigenvalue weighted by Crippen LogP contribution is -2.00. The second-order valence-electron chi connectivity index (χ2n) is 14.1. The zero-order chi connectivity index (χ0) is 36.3. The molecule has 0 spiro atoms. The summed E-state index contributed by atoms with van der Waals surface area (Å²) in [4.78, 5) is 5.72. The number of aromatic nitrogens is 3. The lowest BCUT2D eigenvalue weighted by molar-refractivity contribution is 0.415. The SMILES string of the molecule is COc1ccc(-c2c3c4ccccc4n(-c4cccc(C)c4)c3nc3c2c2ccccc2n3-c2cccc(-c3ccc(-c4ccccc4)cc3C)c2)cc1. The number of benzene rings is 7. The molecule has 0 atom stereocenters. The van der Waals surface area contributed by atoms with E-state index in [1.54, 1.807) is 7.11 Å². The number of pyridine rings is 1. The first kappa shape index (κ1) is 31.8. The van der Waals surface area contributed by atoms with Crippen LogP contribution in [0.3, 0.4) is 0 Å². The molecule has 0 aliphatic rings. The maximum Gasteiger partial charge on any atom is 0.148 e. The summed E-state index contributed by atoms with van der Waals surface area (Å²) in [5.41, 5.74) is 15.8. The smallest absolute Gasteiger partial charge is 0.148 e. The molecule has 258 valence electrons. The normalized spacial score (nSPS) is 11.6. The Morgan fingerprint density at radius 2 is 1.04 bits per heavy atom. The van der Waals surface area contributed by atoms with Gasteiger partial charge in [0.05, 0.1) is 18.1 Å². The van der Waals surface area contributed by atoms with Crippen molar-refractivity contribution in [2.24, 2.45) is 0 Å². The van der Waals surface area contributed by atoms with Gasteiger partial charge in [0, 0.05) is 38.5 Å². The van der Waals surface area contributed by atoms with Gasteiger partial charge in [-0.2, -0.15) is 0 Å². The molecule has 0 radical (unpaired) electrons. The van der Waals surface area contributed by atoms with Crippen molar-refractivity contribution in [2.75, 3.05) is 7.11 Å². The summed E-state index contributed by atoms with van der Waals surface area (Å²) < 4.78 is 10.3. The fourth-order valence-electron chi connectivity index (χ4n) is 8.33. The lowest BCUT2D eigenvalue weighted by Gasteiger charge is -2.14. The van der Waals surface area contributed by atoms with Crippen LogP contribution in [0.15, 0.2) is 170 Å². The first-order chi connectivity index (χ1) is 26.6. The molecule has 3 aromatic heterocycles. The van der Waals surface area contributed by atoms with Gasteiger partial charge in [-0.1, -0.05) is 121 Å². The summed E-state index contributed by atoms with van der Waals surface area (Å²) in [7, 11) is 1.72. The van der Waals surface area contributed by atoms with E-state index >= 15 is 0 Å². The molecule has 0 fully saturated rings. The molecule has 0 aliphatic carbocycles. The molecule has 0 bridgehead atoms. The Bertz CT molecular complexity index is 3040. The summed E-state index contributed by atoms with van der Waals surface area (Å²) >= 11 is 0. The van der Waals surface area contributed by atoms with Crippen molar-refractivity contribution in [3.8, 4) is 50.5 Å². The Labute approximate surface area is 314 Å². The monoisotopic (exact) mass is 695 g/mol. The number of nitrogens with zero attached hydrogens (tertiary/aromatic N) is 3. The largest absolute Gasteiger partial charge is 0.497 e. The molecule has 0 unspecified atom stereocenters. The summed E-state index contributed by atoms with van der Waals surface area (Å²) in [5.74, 6) is 0.828. The van der Waals surface area contributed by atoms with Gasteiger partial charge in [0.2, 0.25) is 0 Å². The number of fused-ring (bicyclic) bond motifs is 6. The average Bonchev–Trinajstić information content (AvgIpc) is 3.73. The molecular formula is C50H37N3O. The van der Waals surface area contributed by atoms with E-state index < -0.39 is 0 Å². The van der Waals surface area contributed by atoms with Crippen LogP contribution < -0.4 is 4.74 Å². The van der Waals surface area contributed by atoms with E-state index in [0.29, 0.717) is 0 Å². The van der Waals surface area contributed by atoms with Gasteiger partial charge in [0.15, 0.2) is 0 Å². The number of hydrogen-bond acceptors (Lipinski definition) is 2. The van der Waals surface area contributed by atoms with Crippen LogP contribution in [0.5, 0.6) is 5.75 Å². The standard InChI is InChI=1S/C50H37N3O/c1-32-13-11-17-38(29-32)52-44-21-9-7-19-42(44)47-46(35-23-26-40(54-3)27-24-35)48-43-20-8-10-22-45(43)53(50(48)51-49(47)52)39-18-12-16-37(31-39)41-28-25-36(30-33(41)2)34-14-5-4-6-15-34/h4-31H,1-3H3. The summed E-state index contributed by atoms with van der Waals surface area (Å²) in [6.07, 6.45) is 0.